The molecule has 8 nitrogen and oxygen atoms in total. The van der Waals surface area contributed by atoms with Crippen LogP contribution in [0.1, 0.15) is 19.1 Å². The molecule has 0 aromatic carbocycles. The van der Waals surface area contributed by atoms with Crippen molar-refractivity contribution >= 4 is 26.0 Å². The minimum absolute atomic E-state index is 0.180. The first-order valence-electron chi connectivity index (χ1n) is 6.34. The number of esters is 1. The van der Waals surface area contributed by atoms with Crippen LogP contribution >= 0.6 is 12.2 Å². The van der Waals surface area contributed by atoms with Crippen LogP contribution in [0.15, 0.2) is 11.0 Å². The Labute approximate surface area is 130 Å². The summed E-state index contributed by atoms with van der Waals surface area (Å²) in [5.74, 6) is -1.71. The molecular weight excluding hydrogens is 316 g/mol. The zero-order valence-electron chi connectivity index (χ0n) is 11.3. The lowest BCUT2D eigenvalue weighted by molar-refractivity contribution is -0.214. The molecule has 0 amide bonds. The fourth-order valence-electron chi connectivity index (χ4n) is 2.09. The lowest BCUT2D eigenvalue weighted by Crippen LogP contribution is -2.48. The average molecular weight is 329 g/mol. The van der Waals surface area contributed by atoms with Crippen molar-refractivity contribution in [2.75, 3.05) is 6.54 Å². The highest BCUT2D eigenvalue weighted by molar-refractivity contribution is 7.71. The van der Waals surface area contributed by atoms with Crippen molar-refractivity contribution in [2.45, 2.75) is 30.9 Å². The average Bonchev–Trinajstić information content (AvgIpc) is 2.92. The van der Waals surface area contributed by atoms with Gasteiger partial charge in [-0.1, -0.05) is 12.2 Å². The molecule has 0 saturated carbocycles. The minimum Gasteiger partial charge on any atom is -0.440 e. The zero-order valence-corrected chi connectivity index (χ0v) is 12.1. The molecule has 11 heteroatoms. The number of H-pyrrole nitrogens is 1. The van der Waals surface area contributed by atoms with E-state index in [-0.39, 0.29) is 17.5 Å². The van der Waals surface area contributed by atoms with E-state index in [0.717, 1.165) is 10.8 Å². The van der Waals surface area contributed by atoms with Crippen molar-refractivity contribution < 1.29 is 23.8 Å². The molecule has 4 N–H and O–H groups in total. The molecule has 0 spiro atoms. The van der Waals surface area contributed by atoms with Gasteiger partial charge in [0.05, 0.1) is 12.7 Å². The van der Waals surface area contributed by atoms with Crippen molar-refractivity contribution in [3.05, 3.63) is 27.1 Å². The van der Waals surface area contributed by atoms with E-state index in [1.165, 1.54) is 0 Å². The van der Waals surface area contributed by atoms with E-state index in [1.807, 2.05) is 0 Å². The fraction of sp³-hybridized carbons (Fsp3) is 0.545. The van der Waals surface area contributed by atoms with Crippen LogP contribution in [0.5, 0.6) is 0 Å². The van der Waals surface area contributed by atoms with Gasteiger partial charge in [0, 0.05) is 0 Å². The largest absolute Gasteiger partial charge is 0.440 e. The Morgan fingerprint density at radius 3 is 3.05 bits per heavy atom. The molecule has 1 saturated heterocycles. The topological polar surface area (TPSA) is 120 Å². The standard InChI is InChI=1S/C11H13BFN3O5S/c12-11(19,21-8(17)3-14)6-1-2-7(20-6)16-4-5(13)9(22)15-10(16)18/h4,6-7,19H,1-3,14H2,(H,15,18,22). The number of hydrogen-bond donors (Lipinski definition) is 3. The highest BCUT2D eigenvalue weighted by Crippen LogP contribution is 2.32. The number of carbonyl (C=O) groups is 1. The van der Waals surface area contributed by atoms with Crippen LogP contribution in [-0.4, -0.2) is 46.8 Å². The van der Waals surface area contributed by atoms with Gasteiger partial charge in [-0.05, 0) is 12.8 Å². The summed E-state index contributed by atoms with van der Waals surface area (Å²) in [5, 5.41) is 9.92. The molecule has 3 atom stereocenters. The van der Waals surface area contributed by atoms with E-state index in [1.54, 1.807) is 0 Å². The van der Waals surface area contributed by atoms with Gasteiger partial charge < -0.3 is 20.3 Å². The van der Waals surface area contributed by atoms with Gasteiger partial charge in [0.15, 0.2) is 19.3 Å². The second-order valence-electron chi connectivity index (χ2n) is 4.73. The first-order chi connectivity index (χ1) is 10.2. The summed E-state index contributed by atoms with van der Waals surface area (Å²) in [6, 6.07) is 0. The Kier molecular flexibility index (Phi) is 4.80. The molecular formula is C11H13BFN3O5S. The van der Waals surface area contributed by atoms with E-state index in [9.17, 15) is 19.1 Å². The van der Waals surface area contributed by atoms with Crippen LogP contribution < -0.4 is 11.4 Å². The SMILES string of the molecule is [B]C(O)(OC(=O)CN)C1CCC(n2cc(F)c(=S)[nH]c2=O)O1. The summed E-state index contributed by atoms with van der Waals surface area (Å²) in [4.78, 5) is 25.0. The molecule has 1 aliphatic heterocycles. The van der Waals surface area contributed by atoms with E-state index in [4.69, 9.17) is 18.3 Å². The maximum Gasteiger partial charge on any atom is 0.328 e. The number of carbonyl (C=O) groups excluding carboxylic acids is 1. The van der Waals surface area contributed by atoms with Crippen LogP contribution in [0, 0.1) is 10.5 Å². The predicted octanol–water partition coefficient (Wildman–Crippen LogP) is -0.961. The normalized spacial score (nSPS) is 24.0. The molecule has 22 heavy (non-hydrogen) atoms. The van der Waals surface area contributed by atoms with Crippen LogP contribution in [0.4, 0.5) is 4.39 Å². The first-order valence-corrected chi connectivity index (χ1v) is 6.75. The molecule has 2 heterocycles. The second kappa shape index (κ2) is 6.28. The summed E-state index contributed by atoms with van der Waals surface area (Å²) >= 11 is 4.60. The van der Waals surface area contributed by atoms with Crippen molar-refractivity contribution in [2.24, 2.45) is 5.73 Å². The molecule has 118 valence electrons. The van der Waals surface area contributed by atoms with Gasteiger partial charge in [-0.2, -0.15) is 0 Å². The van der Waals surface area contributed by atoms with E-state index in [0.29, 0.717) is 0 Å². The maximum absolute atomic E-state index is 13.5. The molecule has 1 aromatic rings. The predicted molar refractivity (Wildman–Crippen MR) is 74.8 cm³/mol. The zero-order chi connectivity index (χ0) is 16.5. The highest BCUT2D eigenvalue weighted by Gasteiger charge is 2.42. The third-order valence-corrected chi connectivity index (χ3v) is 3.43. The van der Waals surface area contributed by atoms with Gasteiger partial charge in [-0.3, -0.25) is 14.3 Å². The van der Waals surface area contributed by atoms with Gasteiger partial charge in [-0.15, -0.1) is 0 Å². The Balaban J connectivity index is 2.16. The lowest BCUT2D eigenvalue weighted by atomic mass is 9.87. The smallest absolute Gasteiger partial charge is 0.328 e. The van der Waals surface area contributed by atoms with Gasteiger partial charge in [-0.25, -0.2) is 9.18 Å². The number of aromatic nitrogens is 2. The van der Waals surface area contributed by atoms with Crippen LogP contribution in [-0.2, 0) is 14.3 Å². The number of nitrogens with one attached hydrogen (secondary N) is 1. The molecule has 2 rings (SSSR count). The first kappa shape index (κ1) is 16.8. The number of nitrogens with zero attached hydrogens (tertiary/aromatic N) is 1. The lowest BCUT2D eigenvalue weighted by Gasteiger charge is -2.30. The van der Waals surface area contributed by atoms with E-state index >= 15 is 0 Å². The summed E-state index contributed by atoms with van der Waals surface area (Å²) in [6.45, 7) is -0.463. The number of rotatable bonds is 4. The number of aliphatic hydroxyl groups is 1. The van der Waals surface area contributed by atoms with Crippen LogP contribution in [0.2, 0.25) is 0 Å². The molecule has 2 radical (unpaired) electrons. The van der Waals surface area contributed by atoms with E-state index in [2.05, 4.69) is 21.9 Å². The number of hydrogen-bond acceptors (Lipinski definition) is 7. The van der Waals surface area contributed by atoms with Gasteiger partial charge >= 0.3 is 11.7 Å². The number of nitrogens with two attached hydrogens (primary N) is 1. The monoisotopic (exact) mass is 329 g/mol. The third kappa shape index (κ3) is 3.43. The van der Waals surface area contributed by atoms with Gasteiger partial charge in [0.25, 0.3) is 0 Å². The molecule has 3 unspecified atom stereocenters. The van der Waals surface area contributed by atoms with Gasteiger partial charge in [0.2, 0.25) is 0 Å². The van der Waals surface area contributed by atoms with Gasteiger partial charge in [0.1, 0.15) is 17.0 Å². The van der Waals surface area contributed by atoms with Crippen molar-refractivity contribution in [3.8, 4) is 0 Å². The Bertz CT molecular complexity index is 691. The molecule has 1 fully saturated rings. The molecule has 1 aliphatic rings. The van der Waals surface area contributed by atoms with E-state index < -0.39 is 42.0 Å². The molecule has 1 aromatic heterocycles. The number of ether oxygens (including phenoxy) is 2. The summed E-state index contributed by atoms with van der Waals surface area (Å²) in [7, 11) is 5.48. The summed E-state index contributed by atoms with van der Waals surface area (Å²) in [6.07, 6.45) is -0.653. The maximum atomic E-state index is 13.5. The quantitative estimate of drug-likeness (QED) is 0.282. The van der Waals surface area contributed by atoms with Crippen molar-refractivity contribution in [1.82, 2.24) is 9.55 Å². The van der Waals surface area contributed by atoms with Crippen LogP contribution in [0.3, 0.4) is 0 Å². The fourth-order valence-corrected chi connectivity index (χ4v) is 2.23. The molecule has 0 bridgehead atoms. The number of halogens is 1. The summed E-state index contributed by atoms with van der Waals surface area (Å²) < 4.78 is 24.1. The minimum atomic E-state index is -2.39. The van der Waals surface area contributed by atoms with Crippen molar-refractivity contribution in [3.63, 3.8) is 0 Å². The Hall–Kier alpha value is -1.56. The Morgan fingerprint density at radius 1 is 1.73 bits per heavy atom. The van der Waals surface area contributed by atoms with Crippen molar-refractivity contribution in [1.29, 1.82) is 0 Å². The van der Waals surface area contributed by atoms with Crippen LogP contribution in [0.25, 0.3) is 0 Å². The highest BCUT2D eigenvalue weighted by atomic mass is 32.1. The third-order valence-electron chi connectivity index (χ3n) is 3.14. The second-order valence-corrected chi connectivity index (χ2v) is 5.14. The Morgan fingerprint density at radius 2 is 2.41 bits per heavy atom. The summed E-state index contributed by atoms with van der Waals surface area (Å²) in [5.41, 5.74) is 2.00. The molecule has 0 aliphatic carbocycles. The number of aromatic amines is 1.